The van der Waals surface area contributed by atoms with Crippen LogP contribution in [0.2, 0.25) is 0 Å². The van der Waals surface area contributed by atoms with Gasteiger partial charge in [0, 0.05) is 9.79 Å². The van der Waals surface area contributed by atoms with Crippen molar-refractivity contribution in [3.8, 4) is 0 Å². The van der Waals surface area contributed by atoms with Crippen LogP contribution in [0.3, 0.4) is 0 Å². The lowest BCUT2D eigenvalue weighted by Gasteiger charge is -2.14. The highest BCUT2D eigenvalue weighted by Crippen LogP contribution is 2.33. The van der Waals surface area contributed by atoms with Crippen molar-refractivity contribution >= 4 is 23.5 Å². The topological polar surface area (TPSA) is 0 Å². The van der Waals surface area contributed by atoms with Crippen LogP contribution in [0, 0.1) is 0 Å². The molecule has 0 amide bonds. The maximum Gasteiger partial charge on any atom is 0.0115 e. The molecular formula is C39H72S2. The van der Waals surface area contributed by atoms with Gasteiger partial charge in [-0.3, -0.25) is 0 Å². The molecule has 0 saturated carbocycles. The minimum absolute atomic E-state index is 1.24. The van der Waals surface area contributed by atoms with Gasteiger partial charge in [-0.1, -0.05) is 187 Å². The molecule has 0 aromatic heterocycles. The Hall–Kier alpha value is -0.0800. The molecule has 0 saturated heterocycles. The van der Waals surface area contributed by atoms with Gasteiger partial charge in [-0.25, -0.2) is 0 Å². The number of thioether (sulfide) groups is 2. The summed E-state index contributed by atoms with van der Waals surface area (Å²) < 4.78 is 0. The number of unbranched alkanes of at least 4 members (excludes halogenated alkanes) is 24. The maximum absolute atomic E-state index is 2.40. The van der Waals surface area contributed by atoms with Crippen LogP contribution in [0.15, 0.2) is 28.0 Å². The van der Waals surface area contributed by atoms with Gasteiger partial charge in [0.05, 0.1) is 0 Å². The summed E-state index contributed by atoms with van der Waals surface area (Å²) in [6.45, 7) is 6.96. The van der Waals surface area contributed by atoms with Crippen LogP contribution >= 0.6 is 23.5 Å². The highest BCUT2D eigenvalue weighted by atomic mass is 32.2. The molecule has 0 nitrogen and oxygen atoms in total. The second-order valence-electron chi connectivity index (χ2n) is 12.7. The fourth-order valence-electron chi connectivity index (χ4n) is 5.92. The smallest absolute Gasteiger partial charge is 0.0115 e. The van der Waals surface area contributed by atoms with E-state index in [4.69, 9.17) is 0 Å². The zero-order valence-electron chi connectivity index (χ0n) is 28.3. The molecule has 1 aromatic carbocycles. The Morgan fingerprint density at radius 2 is 0.659 bits per heavy atom. The van der Waals surface area contributed by atoms with Gasteiger partial charge < -0.3 is 0 Å². The average Bonchev–Trinajstić information content (AvgIpc) is 2.98. The van der Waals surface area contributed by atoms with Crippen molar-refractivity contribution < 1.29 is 0 Å². The van der Waals surface area contributed by atoms with Crippen molar-refractivity contribution in [3.63, 3.8) is 0 Å². The quantitative estimate of drug-likeness (QED) is 0.0592. The number of rotatable bonds is 32. The molecule has 0 atom stereocenters. The van der Waals surface area contributed by atoms with E-state index in [1.807, 2.05) is 0 Å². The van der Waals surface area contributed by atoms with Crippen LogP contribution in [0.25, 0.3) is 0 Å². The van der Waals surface area contributed by atoms with E-state index in [0.29, 0.717) is 0 Å². The van der Waals surface area contributed by atoms with Crippen molar-refractivity contribution in [2.45, 2.75) is 210 Å². The van der Waals surface area contributed by atoms with Gasteiger partial charge in [-0.2, -0.15) is 0 Å². The molecule has 1 rings (SSSR count). The van der Waals surface area contributed by atoms with Crippen LogP contribution in [-0.4, -0.2) is 11.5 Å². The lowest BCUT2D eigenvalue weighted by atomic mass is 10.1. The summed E-state index contributed by atoms with van der Waals surface area (Å²) in [5, 5.41) is 0. The molecule has 0 aliphatic heterocycles. The van der Waals surface area contributed by atoms with Crippen LogP contribution in [0.1, 0.15) is 200 Å². The Morgan fingerprint density at radius 3 is 0.951 bits per heavy atom. The molecule has 0 aliphatic carbocycles. The van der Waals surface area contributed by atoms with Gasteiger partial charge >= 0.3 is 0 Å². The Bertz CT molecular complexity index is 605. The molecule has 0 fully saturated rings. The molecule has 0 radical (unpaired) electrons. The van der Waals surface area contributed by atoms with Crippen molar-refractivity contribution in [1.82, 2.24) is 0 Å². The van der Waals surface area contributed by atoms with Crippen molar-refractivity contribution in [3.05, 3.63) is 23.8 Å². The van der Waals surface area contributed by atoms with Crippen LogP contribution < -0.4 is 0 Å². The molecule has 0 aliphatic rings. The first-order valence-corrected chi connectivity index (χ1v) is 20.7. The van der Waals surface area contributed by atoms with Gasteiger partial charge in [0.15, 0.2) is 0 Å². The van der Waals surface area contributed by atoms with E-state index in [-0.39, 0.29) is 0 Å². The van der Waals surface area contributed by atoms with Crippen LogP contribution in [0.4, 0.5) is 0 Å². The first-order valence-electron chi connectivity index (χ1n) is 18.7. The van der Waals surface area contributed by atoms with Crippen LogP contribution in [-0.2, 0) is 6.42 Å². The zero-order chi connectivity index (χ0) is 29.5. The minimum atomic E-state index is 1.24. The fourth-order valence-corrected chi connectivity index (χ4v) is 8.24. The van der Waals surface area contributed by atoms with Crippen molar-refractivity contribution in [2.24, 2.45) is 0 Å². The maximum atomic E-state index is 2.40. The molecule has 240 valence electrons. The summed E-state index contributed by atoms with van der Waals surface area (Å²) in [6.07, 6.45) is 40.0. The van der Waals surface area contributed by atoms with Gasteiger partial charge in [0.2, 0.25) is 0 Å². The van der Waals surface area contributed by atoms with Gasteiger partial charge in [0.25, 0.3) is 0 Å². The summed E-state index contributed by atoms with van der Waals surface area (Å²) in [7, 11) is 0. The predicted octanol–water partition coefficient (Wildman–Crippen LogP) is 15.0. The Morgan fingerprint density at radius 1 is 0.366 bits per heavy atom. The molecule has 0 bridgehead atoms. The molecule has 2 heteroatoms. The van der Waals surface area contributed by atoms with Gasteiger partial charge in [0.1, 0.15) is 0 Å². The van der Waals surface area contributed by atoms with E-state index in [0.717, 1.165) is 0 Å². The van der Waals surface area contributed by atoms with E-state index in [1.54, 1.807) is 15.4 Å². The lowest BCUT2D eigenvalue weighted by molar-refractivity contribution is 0.543. The Labute approximate surface area is 268 Å². The second kappa shape index (κ2) is 31.3. The first kappa shape index (κ1) is 38.9. The van der Waals surface area contributed by atoms with Crippen molar-refractivity contribution in [1.29, 1.82) is 0 Å². The standard InChI is InChI=1S/C39H72S2/c1-4-7-9-11-13-15-17-19-21-23-25-27-29-35-40-38-33-31-34-39(37(38)32-6-3)41-36-30-28-26-24-22-20-18-16-14-12-10-8-5-2/h31,33-34H,4-30,32,35-36H2,1-3H3. The second-order valence-corrected chi connectivity index (χ2v) is 14.9. The fraction of sp³-hybridized carbons (Fsp3) is 0.846. The van der Waals surface area contributed by atoms with Crippen molar-refractivity contribution in [2.75, 3.05) is 11.5 Å². The monoisotopic (exact) mass is 605 g/mol. The highest BCUT2D eigenvalue weighted by Gasteiger charge is 2.09. The molecular weight excluding hydrogens is 533 g/mol. The van der Waals surface area contributed by atoms with E-state index in [2.05, 4.69) is 62.5 Å². The number of hydrogen-bond acceptors (Lipinski definition) is 2. The minimum Gasteiger partial charge on any atom is -0.126 e. The van der Waals surface area contributed by atoms with E-state index >= 15 is 0 Å². The lowest BCUT2D eigenvalue weighted by Crippen LogP contribution is -1.94. The molecule has 41 heavy (non-hydrogen) atoms. The van der Waals surface area contributed by atoms with Gasteiger partial charge in [-0.05, 0) is 48.5 Å². The molecule has 0 heterocycles. The van der Waals surface area contributed by atoms with E-state index < -0.39 is 0 Å². The molecule has 0 N–H and O–H groups in total. The molecule has 0 spiro atoms. The molecule has 0 unspecified atom stereocenters. The third-order valence-corrected chi connectivity index (χ3v) is 11.0. The largest absolute Gasteiger partial charge is 0.126 e. The normalized spacial score (nSPS) is 11.5. The van der Waals surface area contributed by atoms with Gasteiger partial charge in [-0.15, -0.1) is 23.5 Å². The van der Waals surface area contributed by atoms with E-state index in [1.165, 1.54) is 191 Å². The first-order chi connectivity index (χ1) is 20.3. The summed E-state index contributed by atoms with van der Waals surface area (Å²) in [5.74, 6) is 2.59. The summed E-state index contributed by atoms with van der Waals surface area (Å²) in [4.78, 5) is 3.14. The third-order valence-electron chi connectivity index (χ3n) is 8.60. The summed E-state index contributed by atoms with van der Waals surface area (Å²) in [5.41, 5.74) is 1.65. The summed E-state index contributed by atoms with van der Waals surface area (Å²) >= 11 is 4.27. The predicted molar refractivity (Wildman–Crippen MR) is 193 cm³/mol. The van der Waals surface area contributed by atoms with Crippen LogP contribution in [0.5, 0.6) is 0 Å². The average molecular weight is 605 g/mol. The van der Waals surface area contributed by atoms with E-state index in [9.17, 15) is 0 Å². The zero-order valence-corrected chi connectivity index (χ0v) is 29.9. The Kier molecular flexibility index (Phi) is 29.8. The number of hydrogen-bond donors (Lipinski definition) is 0. The SMILES string of the molecule is CCCCCCCCCCCCCCCSc1cccc(SCCCCCCCCCCCCCCC)c1CCC. The highest BCUT2D eigenvalue weighted by molar-refractivity contribution is 8.00. The summed E-state index contributed by atoms with van der Waals surface area (Å²) in [6, 6.07) is 7.11. The Balaban J connectivity index is 2.08. The third kappa shape index (κ3) is 24.0. The number of benzene rings is 1. The molecule has 1 aromatic rings.